The Morgan fingerprint density at radius 3 is 2.38 bits per heavy atom. The molecule has 6 nitrogen and oxygen atoms in total. The molecule has 172 valence electrons. The molecule has 2 aliphatic rings. The summed E-state index contributed by atoms with van der Waals surface area (Å²) in [6.45, 7) is 6.28. The van der Waals surface area contributed by atoms with Crippen molar-refractivity contribution in [1.29, 1.82) is 0 Å². The minimum atomic E-state index is -3.58. The summed E-state index contributed by atoms with van der Waals surface area (Å²) < 4.78 is 27.6. The summed E-state index contributed by atoms with van der Waals surface area (Å²) in [6.07, 6.45) is 3.90. The van der Waals surface area contributed by atoms with Crippen LogP contribution < -0.4 is 5.32 Å². The number of aryl methyl sites for hydroxylation is 1. The summed E-state index contributed by atoms with van der Waals surface area (Å²) in [5.74, 6) is -0.389. The minimum Gasteiger partial charge on any atom is -0.352 e. The molecule has 0 aliphatic carbocycles. The van der Waals surface area contributed by atoms with Gasteiger partial charge in [0.25, 0.3) is 0 Å². The summed E-state index contributed by atoms with van der Waals surface area (Å²) in [4.78, 5) is 15.7. The highest BCUT2D eigenvalue weighted by molar-refractivity contribution is 7.89. The quantitative estimate of drug-likeness (QED) is 0.696. The van der Waals surface area contributed by atoms with Gasteiger partial charge in [-0.2, -0.15) is 4.31 Å². The zero-order valence-corrected chi connectivity index (χ0v) is 19.6. The molecule has 0 aromatic heterocycles. The molecule has 7 heteroatoms. The van der Waals surface area contributed by atoms with Crippen LogP contribution >= 0.6 is 0 Å². The van der Waals surface area contributed by atoms with Gasteiger partial charge < -0.3 is 5.32 Å². The lowest BCUT2D eigenvalue weighted by molar-refractivity contribution is -0.126. The molecule has 2 aliphatic heterocycles. The van der Waals surface area contributed by atoms with Crippen LogP contribution in [0, 0.1) is 12.8 Å². The maximum absolute atomic E-state index is 13.0. The van der Waals surface area contributed by atoms with Crippen LogP contribution in [0.4, 0.5) is 0 Å². The molecule has 1 unspecified atom stereocenters. The number of sulfonamides is 1. The molecule has 1 amide bonds. The van der Waals surface area contributed by atoms with Gasteiger partial charge in [-0.1, -0.05) is 42.0 Å². The maximum atomic E-state index is 13.0. The van der Waals surface area contributed by atoms with E-state index in [9.17, 15) is 13.2 Å². The summed E-state index contributed by atoms with van der Waals surface area (Å²) in [5, 5.41) is 3.07. The van der Waals surface area contributed by atoms with Crippen LogP contribution in [0.25, 0.3) is 0 Å². The van der Waals surface area contributed by atoms with Crippen molar-refractivity contribution in [2.24, 2.45) is 5.92 Å². The van der Waals surface area contributed by atoms with Crippen LogP contribution in [0.1, 0.15) is 42.4 Å². The van der Waals surface area contributed by atoms with Gasteiger partial charge in [-0.3, -0.25) is 9.69 Å². The van der Waals surface area contributed by atoms with Crippen molar-refractivity contribution in [2.45, 2.75) is 50.6 Å². The Hall–Kier alpha value is -2.22. The van der Waals surface area contributed by atoms with Gasteiger partial charge >= 0.3 is 0 Å². The fraction of sp³-hybridized carbons (Fsp3) is 0.480. The number of carbonyl (C=O) groups is 1. The van der Waals surface area contributed by atoms with Crippen molar-refractivity contribution >= 4 is 15.9 Å². The Balaban J connectivity index is 1.37. The Morgan fingerprint density at radius 2 is 1.66 bits per heavy atom. The van der Waals surface area contributed by atoms with Crippen LogP contribution in [0.2, 0.25) is 0 Å². The minimum absolute atomic E-state index is 0.0650. The first-order chi connectivity index (χ1) is 15.4. The van der Waals surface area contributed by atoms with Gasteiger partial charge in [-0.15, -0.1) is 0 Å². The molecular weight excluding hydrogens is 422 g/mol. The number of amides is 1. The zero-order chi connectivity index (χ0) is 22.6. The molecule has 2 saturated heterocycles. The maximum Gasteiger partial charge on any atom is 0.243 e. The number of hydrogen-bond donors (Lipinski definition) is 1. The number of nitrogens with zero attached hydrogens (tertiary/aromatic N) is 2. The van der Waals surface area contributed by atoms with Crippen molar-refractivity contribution in [2.75, 3.05) is 26.2 Å². The third kappa shape index (κ3) is 5.39. The van der Waals surface area contributed by atoms with Crippen molar-refractivity contribution in [3.63, 3.8) is 0 Å². The highest BCUT2D eigenvalue weighted by Gasteiger charge is 2.33. The summed E-state index contributed by atoms with van der Waals surface area (Å²) in [5.41, 5.74) is 3.40. The molecule has 2 aromatic rings. The van der Waals surface area contributed by atoms with Gasteiger partial charge in [0.05, 0.1) is 10.8 Å². The molecule has 2 aromatic carbocycles. The monoisotopic (exact) mass is 455 g/mol. The van der Waals surface area contributed by atoms with Gasteiger partial charge in [0.2, 0.25) is 15.9 Å². The van der Waals surface area contributed by atoms with E-state index >= 15 is 0 Å². The van der Waals surface area contributed by atoms with E-state index in [4.69, 9.17) is 0 Å². The standard InChI is InChI=1S/C25H33N3O3S/c1-20-10-12-24(13-11-20)32(30,31)28-16-6-9-23(19-28)25(29)26-17-21-7-2-3-8-22(21)18-27-14-4-5-15-27/h2-3,7-8,10-13,23H,4-6,9,14-19H2,1H3,(H,26,29). The molecule has 0 radical (unpaired) electrons. The smallest absolute Gasteiger partial charge is 0.243 e. The van der Waals surface area contributed by atoms with Gasteiger partial charge in [-0.25, -0.2) is 8.42 Å². The summed E-state index contributed by atoms with van der Waals surface area (Å²) in [6, 6.07) is 15.2. The summed E-state index contributed by atoms with van der Waals surface area (Å²) >= 11 is 0. The molecule has 0 saturated carbocycles. The number of rotatable bonds is 7. The second-order valence-corrected chi connectivity index (χ2v) is 10.9. The lowest BCUT2D eigenvalue weighted by atomic mass is 9.98. The fourth-order valence-electron chi connectivity index (χ4n) is 4.63. The van der Waals surface area contributed by atoms with Crippen molar-refractivity contribution in [1.82, 2.24) is 14.5 Å². The molecule has 0 bridgehead atoms. The normalized spacial score (nSPS) is 20.3. The van der Waals surface area contributed by atoms with Gasteiger partial charge in [0, 0.05) is 26.2 Å². The fourth-order valence-corrected chi connectivity index (χ4v) is 6.15. The molecule has 0 spiro atoms. The average molecular weight is 456 g/mol. The molecule has 2 heterocycles. The Bertz CT molecular complexity index is 1030. The second kappa shape index (κ2) is 10.1. The topological polar surface area (TPSA) is 69.7 Å². The third-order valence-corrected chi connectivity index (χ3v) is 8.46. The van der Waals surface area contributed by atoms with Crippen LogP contribution in [-0.4, -0.2) is 49.7 Å². The molecule has 32 heavy (non-hydrogen) atoms. The molecular formula is C25H33N3O3S. The van der Waals surface area contributed by atoms with E-state index in [1.165, 1.54) is 22.7 Å². The molecule has 4 rings (SSSR count). The van der Waals surface area contributed by atoms with E-state index in [-0.39, 0.29) is 18.4 Å². The number of nitrogens with one attached hydrogen (secondary N) is 1. The second-order valence-electron chi connectivity index (χ2n) is 8.99. The van der Waals surface area contributed by atoms with Crippen molar-refractivity contribution in [3.8, 4) is 0 Å². The van der Waals surface area contributed by atoms with Crippen molar-refractivity contribution < 1.29 is 13.2 Å². The number of likely N-dealkylation sites (tertiary alicyclic amines) is 1. The zero-order valence-electron chi connectivity index (χ0n) is 18.8. The van der Waals surface area contributed by atoms with E-state index < -0.39 is 10.0 Å². The van der Waals surface area contributed by atoms with E-state index in [2.05, 4.69) is 22.3 Å². The van der Waals surface area contributed by atoms with Crippen LogP contribution in [0.3, 0.4) is 0 Å². The average Bonchev–Trinajstić information content (AvgIpc) is 3.32. The molecule has 1 atom stereocenters. The molecule has 1 N–H and O–H groups in total. The predicted octanol–water partition coefficient (Wildman–Crippen LogP) is 3.31. The number of piperidine rings is 1. The Labute approximate surface area is 191 Å². The third-order valence-electron chi connectivity index (χ3n) is 6.58. The van der Waals surface area contributed by atoms with E-state index in [0.29, 0.717) is 30.8 Å². The largest absolute Gasteiger partial charge is 0.352 e. The van der Waals surface area contributed by atoms with E-state index in [1.54, 1.807) is 24.3 Å². The highest BCUT2D eigenvalue weighted by Crippen LogP contribution is 2.24. The van der Waals surface area contributed by atoms with Crippen molar-refractivity contribution in [3.05, 3.63) is 65.2 Å². The first-order valence-electron chi connectivity index (χ1n) is 11.6. The van der Waals surface area contributed by atoms with Crippen LogP contribution in [-0.2, 0) is 27.9 Å². The Kier molecular flexibility index (Phi) is 7.28. The number of benzene rings is 2. The first-order valence-corrected chi connectivity index (χ1v) is 13.0. The van der Waals surface area contributed by atoms with Crippen LogP contribution in [0.5, 0.6) is 0 Å². The van der Waals surface area contributed by atoms with E-state index in [0.717, 1.165) is 30.8 Å². The highest BCUT2D eigenvalue weighted by atomic mass is 32.2. The number of hydrogen-bond acceptors (Lipinski definition) is 4. The van der Waals surface area contributed by atoms with E-state index in [1.807, 2.05) is 19.1 Å². The Morgan fingerprint density at radius 1 is 0.969 bits per heavy atom. The van der Waals surface area contributed by atoms with Gasteiger partial charge in [0.1, 0.15) is 0 Å². The first kappa shape index (κ1) is 23.0. The lowest BCUT2D eigenvalue weighted by Gasteiger charge is -2.31. The summed E-state index contributed by atoms with van der Waals surface area (Å²) in [7, 11) is -3.58. The van der Waals surface area contributed by atoms with Crippen LogP contribution in [0.15, 0.2) is 53.4 Å². The predicted molar refractivity (Wildman–Crippen MR) is 125 cm³/mol. The number of carbonyl (C=O) groups excluding carboxylic acids is 1. The van der Waals surface area contributed by atoms with Gasteiger partial charge in [0.15, 0.2) is 0 Å². The van der Waals surface area contributed by atoms with Gasteiger partial charge in [-0.05, 0) is 69.0 Å². The molecule has 2 fully saturated rings. The lowest BCUT2D eigenvalue weighted by Crippen LogP contribution is -2.45. The SMILES string of the molecule is Cc1ccc(S(=O)(=O)N2CCCC(C(=O)NCc3ccccc3CN3CCCC3)C2)cc1.